The minimum Gasteiger partial charge on any atom is -0.359 e. The number of carbonyl (C=O) groups excluding carboxylic acids is 1. The van der Waals surface area contributed by atoms with Gasteiger partial charge < -0.3 is 9.88 Å². The lowest BCUT2D eigenvalue weighted by molar-refractivity contribution is -0.116. The van der Waals surface area contributed by atoms with Gasteiger partial charge in [-0.15, -0.1) is 0 Å². The van der Waals surface area contributed by atoms with E-state index in [2.05, 4.69) is 50.5 Å². The highest BCUT2D eigenvalue weighted by Crippen LogP contribution is 2.34. The van der Waals surface area contributed by atoms with E-state index in [1.54, 1.807) is 12.4 Å². The molecule has 0 saturated carbocycles. The Bertz CT molecular complexity index is 865. The Kier molecular flexibility index (Phi) is 3.93. The summed E-state index contributed by atoms with van der Waals surface area (Å²) in [6, 6.07) is 2.57. The van der Waals surface area contributed by atoms with Gasteiger partial charge in [-0.25, -0.2) is 15.4 Å². The Morgan fingerprint density at radius 3 is 2.84 bits per heavy atom. The number of hydrogen-bond acceptors (Lipinski definition) is 5. The molecule has 1 unspecified atom stereocenters. The van der Waals surface area contributed by atoms with Crippen LogP contribution in [0.2, 0.25) is 0 Å². The minimum absolute atomic E-state index is 0.212. The third kappa shape index (κ3) is 2.87. The number of H-pyrrole nitrogens is 1. The maximum atomic E-state index is 12.2. The molecule has 1 amide bonds. The van der Waals surface area contributed by atoms with E-state index in [-0.39, 0.29) is 5.91 Å². The fourth-order valence-corrected chi connectivity index (χ4v) is 3.55. The Morgan fingerprint density at radius 1 is 1.28 bits per heavy atom. The number of rotatable bonds is 3. The van der Waals surface area contributed by atoms with Gasteiger partial charge in [0.25, 0.3) is 5.91 Å². The summed E-state index contributed by atoms with van der Waals surface area (Å²) in [4.78, 5) is 26.0. The van der Waals surface area contributed by atoms with Gasteiger partial charge in [0.1, 0.15) is 12.0 Å². The SMILES string of the molecule is CN(C)C1CCCc2[nH]c(C=C3C(=O)NN=C3c3cncnc3)cc21. The van der Waals surface area contributed by atoms with Crippen molar-refractivity contribution in [2.24, 2.45) is 5.10 Å². The first-order valence-corrected chi connectivity index (χ1v) is 8.37. The molecular formula is C18H20N6O. The molecule has 4 rings (SSSR count). The van der Waals surface area contributed by atoms with Gasteiger partial charge in [0, 0.05) is 35.4 Å². The van der Waals surface area contributed by atoms with E-state index < -0.39 is 0 Å². The largest absolute Gasteiger partial charge is 0.359 e. The van der Waals surface area contributed by atoms with Crippen LogP contribution < -0.4 is 5.43 Å². The van der Waals surface area contributed by atoms with Crippen molar-refractivity contribution in [1.29, 1.82) is 0 Å². The van der Waals surface area contributed by atoms with Crippen molar-refractivity contribution >= 4 is 17.7 Å². The van der Waals surface area contributed by atoms with E-state index in [0.717, 1.165) is 24.1 Å². The number of carbonyl (C=O) groups is 1. The van der Waals surface area contributed by atoms with Crippen LogP contribution in [-0.2, 0) is 11.2 Å². The molecular weight excluding hydrogens is 316 g/mol. The van der Waals surface area contributed by atoms with E-state index in [0.29, 0.717) is 17.3 Å². The maximum absolute atomic E-state index is 12.2. The Hall–Kier alpha value is -2.80. The lowest BCUT2D eigenvalue weighted by Crippen LogP contribution is -2.23. The van der Waals surface area contributed by atoms with Gasteiger partial charge in [-0.3, -0.25) is 4.79 Å². The van der Waals surface area contributed by atoms with Crippen LogP contribution in [0.15, 0.2) is 35.5 Å². The predicted octanol–water partition coefficient (Wildman–Crippen LogP) is 1.66. The van der Waals surface area contributed by atoms with Gasteiger partial charge in [-0.05, 0) is 51.1 Å². The third-order valence-corrected chi connectivity index (χ3v) is 4.74. The van der Waals surface area contributed by atoms with Crippen molar-refractivity contribution in [2.75, 3.05) is 14.1 Å². The van der Waals surface area contributed by atoms with Gasteiger partial charge in [0.2, 0.25) is 0 Å². The smallest absolute Gasteiger partial charge is 0.273 e. The van der Waals surface area contributed by atoms with Crippen LogP contribution in [0.3, 0.4) is 0 Å². The van der Waals surface area contributed by atoms with E-state index >= 15 is 0 Å². The molecule has 0 aromatic carbocycles. The Balaban J connectivity index is 1.71. The molecule has 2 aromatic heterocycles. The average Bonchev–Trinajstić information content (AvgIpc) is 3.19. The topological polar surface area (TPSA) is 86.3 Å². The summed E-state index contributed by atoms with van der Waals surface area (Å²) in [5.74, 6) is -0.212. The lowest BCUT2D eigenvalue weighted by Gasteiger charge is -2.28. The van der Waals surface area contributed by atoms with Gasteiger partial charge in [0.15, 0.2) is 0 Å². The quantitative estimate of drug-likeness (QED) is 0.835. The van der Waals surface area contributed by atoms with Gasteiger partial charge in [0.05, 0.1) is 5.57 Å². The van der Waals surface area contributed by atoms with Crippen LogP contribution in [0.1, 0.15) is 41.4 Å². The molecule has 128 valence electrons. The summed E-state index contributed by atoms with van der Waals surface area (Å²) in [5, 5.41) is 4.14. The molecule has 2 N–H and O–H groups in total. The summed E-state index contributed by atoms with van der Waals surface area (Å²) in [6.07, 6.45) is 9.99. The molecule has 0 bridgehead atoms. The number of nitrogens with one attached hydrogen (secondary N) is 2. The highest BCUT2D eigenvalue weighted by molar-refractivity contribution is 6.33. The first kappa shape index (κ1) is 15.7. The van der Waals surface area contributed by atoms with Crippen molar-refractivity contribution in [2.45, 2.75) is 25.3 Å². The summed E-state index contributed by atoms with van der Waals surface area (Å²) in [7, 11) is 4.21. The summed E-state index contributed by atoms with van der Waals surface area (Å²) in [6.45, 7) is 0. The summed E-state index contributed by atoms with van der Waals surface area (Å²) < 4.78 is 0. The maximum Gasteiger partial charge on any atom is 0.273 e. The van der Waals surface area contributed by atoms with Crippen molar-refractivity contribution in [3.8, 4) is 0 Å². The Morgan fingerprint density at radius 2 is 2.08 bits per heavy atom. The van der Waals surface area contributed by atoms with Crippen LogP contribution in [0.4, 0.5) is 0 Å². The van der Waals surface area contributed by atoms with E-state index in [1.165, 1.54) is 24.0 Å². The van der Waals surface area contributed by atoms with Crippen LogP contribution in [0.5, 0.6) is 0 Å². The van der Waals surface area contributed by atoms with Crippen molar-refractivity contribution < 1.29 is 4.79 Å². The fraction of sp³-hybridized carbons (Fsp3) is 0.333. The zero-order chi connectivity index (χ0) is 17.4. The number of aromatic nitrogens is 3. The second-order valence-corrected chi connectivity index (χ2v) is 6.62. The zero-order valence-electron chi connectivity index (χ0n) is 14.3. The second-order valence-electron chi connectivity index (χ2n) is 6.62. The average molecular weight is 336 g/mol. The van der Waals surface area contributed by atoms with Crippen LogP contribution in [0, 0.1) is 0 Å². The van der Waals surface area contributed by atoms with Crippen molar-refractivity contribution in [3.05, 3.63) is 52.9 Å². The van der Waals surface area contributed by atoms with E-state index in [4.69, 9.17) is 0 Å². The normalized spacial score (nSPS) is 21.4. The molecule has 3 heterocycles. The molecule has 0 spiro atoms. The zero-order valence-corrected chi connectivity index (χ0v) is 14.3. The lowest BCUT2D eigenvalue weighted by atomic mass is 9.92. The highest BCUT2D eigenvalue weighted by atomic mass is 16.2. The number of aryl methyl sites for hydroxylation is 1. The van der Waals surface area contributed by atoms with Gasteiger partial charge >= 0.3 is 0 Å². The molecule has 2 aliphatic rings. The molecule has 25 heavy (non-hydrogen) atoms. The van der Waals surface area contributed by atoms with Crippen molar-refractivity contribution in [3.63, 3.8) is 0 Å². The molecule has 1 aliphatic heterocycles. The van der Waals surface area contributed by atoms with Gasteiger partial charge in [-0.1, -0.05) is 0 Å². The number of hydrogen-bond donors (Lipinski definition) is 2. The van der Waals surface area contributed by atoms with Gasteiger partial charge in [-0.2, -0.15) is 5.10 Å². The summed E-state index contributed by atoms with van der Waals surface area (Å²) in [5.41, 5.74) is 7.85. The molecule has 7 nitrogen and oxygen atoms in total. The third-order valence-electron chi connectivity index (χ3n) is 4.74. The molecule has 2 aromatic rings. The first-order chi connectivity index (χ1) is 12.1. The van der Waals surface area contributed by atoms with Crippen LogP contribution in [0.25, 0.3) is 6.08 Å². The number of nitrogens with zero attached hydrogens (tertiary/aromatic N) is 4. The minimum atomic E-state index is -0.212. The number of hydrazone groups is 1. The monoisotopic (exact) mass is 336 g/mol. The Labute approximate surface area is 145 Å². The first-order valence-electron chi connectivity index (χ1n) is 8.37. The fourth-order valence-electron chi connectivity index (χ4n) is 3.55. The molecule has 7 heteroatoms. The standard InChI is InChI=1S/C18H20N6O/c1-24(2)16-5-3-4-15-13(16)6-12(21-15)7-14-17(22-23-18(14)25)11-8-19-10-20-9-11/h6-10,16,21H,3-5H2,1-2H3,(H,23,25). The van der Waals surface area contributed by atoms with Crippen molar-refractivity contribution in [1.82, 2.24) is 25.3 Å². The number of amides is 1. The second kappa shape index (κ2) is 6.25. The molecule has 0 saturated heterocycles. The highest BCUT2D eigenvalue weighted by Gasteiger charge is 2.27. The molecule has 0 fully saturated rings. The van der Waals surface area contributed by atoms with Crippen LogP contribution in [-0.4, -0.2) is 45.6 Å². The van der Waals surface area contributed by atoms with Crippen LogP contribution >= 0.6 is 0 Å². The number of fused-ring (bicyclic) bond motifs is 1. The number of aromatic amines is 1. The molecule has 1 aliphatic carbocycles. The molecule has 1 atom stereocenters. The predicted molar refractivity (Wildman–Crippen MR) is 94.8 cm³/mol. The summed E-state index contributed by atoms with van der Waals surface area (Å²) >= 11 is 0. The van der Waals surface area contributed by atoms with E-state index in [1.807, 2.05) is 6.08 Å². The van der Waals surface area contributed by atoms with E-state index in [9.17, 15) is 4.79 Å². The molecule has 0 radical (unpaired) electrons.